The quantitative estimate of drug-likeness (QED) is 0.625. The predicted octanol–water partition coefficient (Wildman–Crippen LogP) is 4.42. The maximum Gasteiger partial charge on any atom is 0.133 e. The minimum Gasteiger partial charge on any atom is -0.393 e. The first-order valence-electron chi connectivity index (χ1n) is 9.26. The molecule has 0 unspecified atom stereocenters. The van der Waals surface area contributed by atoms with Crippen molar-refractivity contribution in [2.75, 3.05) is 0 Å². The maximum atomic E-state index is 15.6. The number of alkyl halides is 2. The summed E-state index contributed by atoms with van der Waals surface area (Å²) < 4.78 is 15.1. The van der Waals surface area contributed by atoms with Crippen LogP contribution in [-0.4, -0.2) is 27.5 Å². The molecule has 4 aliphatic rings. The Morgan fingerprint density at radius 1 is 1.17 bits per heavy atom. The van der Waals surface area contributed by atoms with Gasteiger partial charge >= 0.3 is 0 Å². The van der Waals surface area contributed by atoms with Gasteiger partial charge < -0.3 is 5.11 Å². The van der Waals surface area contributed by atoms with Crippen LogP contribution in [0, 0.1) is 28.6 Å². The van der Waals surface area contributed by atoms with E-state index in [-0.39, 0.29) is 22.9 Å². The number of Topliss-reactive ketones (excluding diaryl/α,β-unsaturated/α-hetero) is 1. The number of carbonyl (C=O) groups excluding carboxylic acids is 1. The molecule has 0 aromatic rings. The number of carbonyl (C=O) groups is 1. The summed E-state index contributed by atoms with van der Waals surface area (Å²) in [5.41, 5.74) is -0.410. The van der Waals surface area contributed by atoms with Crippen LogP contribution in [0.2, 0.25) is 0 Å². The molecule has 0 aromatic heterocycles. The predicted molar refractivity (Wildman–Crippen MR) is 91.2 cm³/mol. The highest BCUT2D eigenvalue weighted by Gasteiger charge is 2.70. The Labute approximate surface area is 146 Å². The standard InChI is InChI=1S/C19H28BrFO2/c1-17-10-15(21)19(20)14(13(17)5-6-16(17)23)4-3-11-9-12(22)7-8-18(11,19)2/h11,13-16,23H,3-10H2,1-2H3/t11-,13-,14-,15-,16-,17-,18-,19-/m0/s1. The average molecular weight is 387 g/mol. The Hall–Kier alpha value is 0.0400. The summed E-state index contributed by atoms with van der Waals surface area (Å²) in [5.74, 6) is 1.35. The van der Waals surface area contributed by atoms with Gasteiger partial charge in [-0.25, -0.2) is 4.39 Å². The second-order valence-electron chi connectivity index (χ2n) is 9.19. The van der Waals surface area contributed by atoms with E-state index in [0.29, 0.717) is 36.9 Å². The molecule has 2 nitrogen and oxygen atoms in total. The molecule has 0 bridgehead atoms. The Morgan fingerprint density at radius 2 is 1.87 bits per heavy atom. The lowest BCUT2D eigenvalue weighted by molar-refractivity contribution is -0.146. The minimum atomic E-state index is -0.942. The van der Waals surface area contributed by atoms with Crippen LogP contribution in [0.15, 0.2) is 0 Å². The van der Waals surface area contributed by atoms with Crippen molar-refractivity contribution >= 4 is 21.7 Å². The fourth-order valence-electron chi connectivity index (χ4n) is 6.96. The lowest BCUT2D eigenvalue weighted by Gasteiger charge is -2.65. The zero-order chi connectivity index (χ0) is 16.6. The summed E-state index contributed by atoms with van der Waals surface area (Å²) >= 11 is 3.97. The van der Waals surface area contributed by atoms with Crippen LogP contribution in [-0.2, 0) is 4.79 Å². The van der Waals surface area contributed by atoms with E-state index in [2.05, 4.69) is 29.8 Å². The van der Waals surface area contributed by atoms with Crippen LogP contribution in [0.4, 0.5) is 4.39 Å². The van der Waals surface area contributed by atoms with E-state index in [1.54, 1.807) is 0 Å². The maximum absolute atomic E-state index is 15.6. The summed E-state index contributed by atoms with van der Waals surface area (Å²) in [6, 6.07) is 0. The van der Waals surface area contributed by atoms with E-state index in [0.717, 1.165) is 32.1 Å². The van der Waals surface area contributed by atoms with Crippen LogP contribution in [0.3, 0.4) is 0 Å². The Bertz CT molecular complexity index is 539. The third kappa shape index (κ3) is 1.91. The Kier molecular flexibility index (Phi) is 3.61. The number of fused-ring (bicyclic) bond motifs is 5. The van der Waals surface area contributed by atoms with Gasteiger partial charge in [-0.15, -0.1) is 0 Å². The molecular weight excluding hydrogens is 359 g/mol. The summed E-state index contributed by atoms with van der Waals surface area (Å²) in [6.45, 7) is 4.33. The molecule has 0 saturated heterocycles. The molecular formula is C19H28BrFO2. The minimum absolute atomic E-state index is 0.141. The van der Waals surface area contributed by atoms with Gasteiger partial charge in [-0.05, 0) is 67.1 Å². The van der Waals surface area contributed by atoms with Gasteiger partial charge in [-0.1, -0.05) is 29.8 Å². The van der Waals surface area contributed by atoms with Gasteiger partial charge in [0.15, 0.2) is 0 Å². The van der Waals surface area contributed by atoms with Crippen molar-refractivity contribution in [2.24, 2.45) is 28.6 Å². The van der Waals surface area contributed by atoms with Crippen LogP contribution < -0.4 is 0 Å². The highest BCUT2D eigenvalue weighted by atomic mass is 79.9. The lowest BCUT2D eigenvalue weighted by atomic mass is 9.44. The zero-order valence-corrected chi connectivity index (χ0v) is 15.7. The highest BCUT2D eigenvalue weighted by Crippen LogP contribution is 2.71. The van der Waals surface area contributed by atoms with Crippen molar-refractivity contribution in [3.8, 4) is 0 Å². The van der Waals surface area contributed by atoms with E-state index in [1.807, 2.05) is 0 Å². The van der Waals surface area contributed by atoms with Crippen LogP contribution >= 0.6 is 15.9 Å². The van der Waals surface area contributed by atoms with Crippen molar-refractivity contribution in [3.05, 3.63) is 0 Å². The van der Waals surface area contributed by atoms with Crippen molar-refractivity contribution in [2.45, 2.75) is 81.8 Å². The van der Waals surface area contributed by atoms with Crippen LogP contribution in [0.25, 0.3) is 0 Å². The first-order chi connectivity index (χ1) is 10.7. The average Bonchev–Trinajstić information content (AvgIpc) is 2.77. The monoisotopic (exact) mass is 386 g/mol. The molecule has 0 amide bonds. The third-order valence-electron chi connectivity index (χ3n) is 8.46. The van der Waals surface area contributed by atoms with E-state index in [4.69, 9.17) is 0 Å². The number of halogens is 2. The first kappa shape index (κ1) is 16.5. The van der Waals surface area contributed by atoms with Gasteiger partial charge in [-0.2, -0.15) is 0 Å². The Balaban J connectivity index is 1.76. The summed E-state index contributed by atoms with van der Waals surface area (Å²) in [7, 11) is 0. The number of ketones is 1. The molecule has 4 rings (SSSR count). The van der Waals surface area contributed by atoms with Gasteiger partial charge in [0.25, 0.3) is 0 Å². The lowest BCUT2D eigenvalue weighted by Crippen LogP contribution is -2.67. The fourth-order valence-corrected chi connectivity index (χ4v) is 8.19. The number of hydrogen-bond donors (Lipinski definition) is 1. The second kappa shape index (κ2) is 5.03. The van der Waals surface area contributed by atoms with Crippen LogP contribution in [0.1, 0.15) is 65.2 Å². The van der Waals surface area contributed by atoms with Crippen molar-refractivity contribution < 1.29 is 14.3 Å². The largest absolute Gasteiger partial charge is 0.393 e. The zero-order valence-electron chi connectivity index (χ0n) is 14.2. The molecule has 0 aromatic carbocycles. The van der Waals surface area contributed by atoms with Gasteiger partial charge in [0, 0.05) is 12.8 Å². The summed E-state index contributed by atoms with van der Waals surface area (Å²) in [5, 5.41) is 10.5. The highest BCUT2D eigenvalue weighted by molar-refractivity contribution is 9.10. The normalized spacial score (nSPS) is 59.2. The molecule has 0 heterocycles. The molecule has 1 N–H and O–H groups in total. The number of hydrogen-bond acceptors (Lipinski definition) is 2. The molecule has 4 saturated carbocycles. The van der Waals surface area contributed by atoms with Gasteiger partial charge in [0.2, 0.25) is 0 Å². The summed E-state index contributed by atoms with van der Waals surface area (Å²) in [6.07, 6.45) is 5.05. The molecule has 4 aliphatic carbocycles. The molecule has 0 radical (unpaired) electrons. The second-order valence-corrected chi connectivity index (χ2v) is 10.5. The van der Waals surface area contributed by atoms with Gasteiger partial charge in [0.1, 0.15) is 12.0 Å². The van der Waals surface area contributed by atoms with Crippen molar-refractivity contribution in [3.63, 3.8) is 0 Å². The van der Waals surface area contributed by atoms with E-state index in [1.165, 1.54) is 0 Å². The molecule has 0 spiro atoms. The Morgan fingerprint density at radius 3 is 2.61 bits per heavy atom. The third-order valence-corrected chi connectivity index (χ3v) is 10.5. The van der Waals surface area contributed by atoms with E-state index in [9.17, 15) is 9.90 Å². The molecule has 4 fully saturated rings. The molecule has 4 heteroatoms. The van der Waals surface area contributed by atoms with Crippen LogP contribution in [0.5, 0.6) is 0 Å². The number of aliphatic hydroxyl groups excluding tert-OH is 1. The summed E-state index contributed by atoms with van der Waals surface area (Å²) in [4.78, 5) is 11.9. The number of rotatable bonds is 0. The molecule has 23 heavy (non-hydrogen) atoms. The van der Waals surface area contributed by atoms with Gasteiger partial charge in [0.05, 0.1) is 10.4 Å². The van der Waals surface area contributed by atoms with Gasteiger partial charge in [-0.3, -0.25) is 4.79 Å². The SMILES string of the molecule is C[C@]12C[C@H](F)[C@@]3(Br)[C@@H](CC[C@H]4CC(=O)CC[C@@]43C)[C@@H]1CC[C@@H]2O. The smallest absolute Gasteiger partial charge is 0.133 e. The molecule has 130 valence electrons. The van der Waals surface area contributed by atoms with Crippen molar-refractivity contribution in [1.82, 2.24) is 0 Å². The fraction of sp³-hybridized carbons (Fsp3) is 0.947. The van der Waals surface area contributed by atoms with Crippen molar-refractivity contribution in [1.29, 1.82) is 0 Å². The van der Waals surface area contributed by atoms with E-state index < -0.39 is 10.5 Å². The van der Waals surface area contributed by atoms with E-state index >= 15 is 4.39 Å². The first-order valence-corrected chi connectivity index (χ1v) is 10.1. The number of aliphatic hydroxyl groups is 1. The molecule has 0 aliphatic heterocycles. The topological polar surface area (TPSA) is 37.3 Å². The molecule has 8 atom stereocenters.